The number of aromatic nitrogens is 1. The van der Waals surface area contributed by atoms with E-state index in [4.69, 9.17) is 0 Å². The molecule has 0 aliphatic rings. The lowest BCUT2D eigenvalue weighted by Gasteiger charge is -2.19. The smallest absolute Gasteiger partial charge is 0.256 e. The van der Waals surface area contributed by atoms with Crippen molar-refractivity contribution in [2.75, 3.05) is 0 Å². The predicted molar refractivity (Wildman–Crippen MR) is 93.4 cm³/mol. The third-order valence-electron chi connectivity index (χ3n) is 4.17. The van der Waals surface area contributed by atoms with E-state index in [-0.39, 0.29) is 11.0 Å². The summed E-state index contributed by atoms with van der Waals surface area (Å²) in [4.78, 5) is 15.3. The van der Waals surface area contributed by atoms with E-state index in [1.807, 2.05) is 25.1 Å². The Balaban J connectivity index is 2.15. The molecule has 2 heteroatoms. The zero-order valence-corrected chi connectivity index (χ0v) is 13.5. The van der Waals surface area contributed by atoms with Crippen LogP contribution in [0, 0.1) is 6.92 Å². The van der Waals surface area contributed by atoms with Crippen molar-refractivity contribution in [3.05, 3.63) is 70.0 Å². The van der Waals surface area contributed by atoms with E-state index in [1.54, 1.807) is 0 Å². The first-order chi connectivity index (χ1) is 10.4. The number of aryl methyl sites for hydroxylation is 1. The second kappa shape index (κ2) is 5.13. The Hall–Kier alpha value is -2.35. The SMILES string of the molecule is Cc1cccc2c(=O)[nH]c(-c3ccc(C(C)(C)C)cc3)cc12. The summed E-state index contributed by atoms with van der Waals surface area (Å²) in [5, 5.41) is 1.76. The molecule has 1 heterocycles. The predicted octanol–water partition coefficient (Wildman–Crippen LogP) is 4.80. The maximum Gasteiger partial charge on any atom is 0.256 e. The standard InChI is InChI=1S/C20H21NO/c1-13-6-5-7-16-17(13)12-18(21-19(16)22)14-8-10-15(11-9-14)20(2,3)4/h5-12H,1-4H3,(H,21,22). The summed E-state index contributed by atoms with van der Waals surface area (Å²) in [6, 6.07) is 16.3. The molecule has 0 radical (unpaired) electrons. The fourth-order valence-corrected chi connectivity index (χ4v) is 2.75. The van der Waals surface area contributed by atoms with Gasteiger partial charge in [-0.1, -0.05) is 57.2 Å². The Bertz CT molecular complexity index is 880. The Morgan fingerprint density at radius 2 is 1.59 bits per heavy atom. The molecule has 0 bridgehead atoms. The molecule has 2 nitrogen and oxygen atoms in total. The molecule has 0 atom stereocenters. The minimum atomic E-state index is -0.0314. The first-order valence-corrected chi connectivity index (χ1v) is 7.60. The van der Waals surface area contributed by atoms with Crippen LogP contribution in [0.3, 0.4) is 0 Å². The van der Waals surface area contributed by atoms with Gasteiger partial charge in [0.15, 0.2) is 0 Å². The molecule has 1 aromatic heterocycles. The van der Waals surface area contributed by atoms with Crippen LogP contribution >= 0.6 is 0 Å². The highest BCUT2D eigenvalue weighted by Crippen LogP contribution is 2.26. The van der Waals surface area contributed by atoms with E-state index in [0.717, 1.165) is 27.6 Å². The van der Waals surface area contributed by atoms with Crippen LogP contribution in [-0.4, -0.2) is 4.98 Å². The minimum absolute atomic E-state index is 0.0314. The van der Waals surface area contributed by atoms with Crippen molar-refractivity contribution in [3.8, 4) is 11.3 Å². The van der Waals surface area contributed by atoms with Gasteiger partial charge in [-0.2, -0.15) is 0 Å². The Labute approximate surface area is 130 Å². The summed E-state index contributed by atoms with van der Waals surface area (Å²) >= 11 is 0. The fraction of sp³-hybridized carbons (Fsp3) is 0.250. The number of benzene rings is 2. The Kier molecular flexibility index (Phi) is 3.40. The fourth-order valence-electron chi connectivity index (χ4n) is 2.75. The molecular weight excluding hydrogens is 270 g/mol. The number of hydrogen-bond donors (Lipinski definition) is 1. The van der Waals surface area contributed by atoms with Gasteiger partial charge in [-0.25, -0.2) is 0 Å². The monoisotopic (exact) mass is 291 g/mol. The molecule has 0 unspecified atom stereocenters. The zero-order chi connectivity index (χ0) is 15.9. The normalized spacial score (nSPS) is 11.8. The molecule has 3 rings (SSSR count). The van der Waals surface area contributed by atoms with Crippen LogP contribution in [0.15, 0.2) is 53.3 Å². The summed E-state index contributed by atoms with van der Waals surface area (Å²) in [6.07, 6.45) is 0. The highest BCUT2D eigenvalue weighted by molar-refractivity contribution is 5.87. The van der Waals surface area contributed by atoms with Gasteiger partial charge in [-0.15, -0.1) is 0 Å². The summed E-state index contributed by atoms with van der Waals surface area (Å²) < 4.78 is 0. The van der Waals surface area contributed by atoms with Gasteiger partial charge in [0.2, 0.25) is 0 Å². The number of nitrogens with one attached hydrogen (secondary N) is 1. The van der Waals surface area contributed by atoms with Gasteiger partial charge in [-0.3, -0.25) is 4.79 Å². The van der Waals surface area contributed by atoms with Gasteiger partial charge in [0.1, 0.15) is 0 Å². The topological polar surface area (TPSA) is 32.9 Å². The zero-order valence-electron chi connectivity index (χ0n) is 13.5. The quantitative estimate of drug-likeness (QED) is 0.686. The molecule has 0 aliphatic carbocycles. The molecule has 3 aromatic rings. The average molecular weight is 291 g/mol. The number of H-pyrrole nitrogens is 1. The largest absolute Gasteiger partial charge is 0.321 e. The second-order valence-corrected chi connectivity index (χ2v) is 6.88. The average Bonchev–Trinajstić information content (AvgIpc) is 2.47. The molecule has 0 fully saturated rings. The van der Waals surface area contributed by atoms with Crippen LogP contribution < -0.4 is 5.56 Å². The van der Waals surface area contributed by atoms with Gasteiger partial charge in [0.05, 0.1) is 0 Å². The molecule has 0 spiro atoms. The van der Waals surface area contributed by atoms with Crippen molar-refractivity contribution < 1.29 is 0 Å². The number of rotatable bonds is 1. The third kappa shape index (κ3) is 2.57. The maximum atomic E-state index is 12.3. The van der Waals surface area contributed by atoms with E-state index in [2.05, 4.69) is 56.1 Å². The molecule has 2 aromatic carbocycles. The maximum absolute atomic E-state index is 12.3. The van der Waals surface area contributed by atoms with Crippen molar-refractivity contribution in [1.82, 2.24) is 4.98 Å². The number of aromatic amines is 1. The highest BCUT2D eigenvalue weighted by atomic mass is 16.1. The van der Waals surface area contributed by atoms with Crippen molar-refractivity contribution >= 4 is 10.8 Å². The van der Waals surface area contributed by atoms with E-state index in [1.165, 1.54) is 5.56 Å². The van der Waals surface area contributed by atoms with Crippen molar-refractivity contribution in [3.63, 3.8) is 0 Å². The molecule has 0 saturated carbocycles. The Morgan fingerprint density at radius 1 is 0.909 bits per heavy atom. The van der Waals surface area contributed by atoms with E-state index in [9.17, 15) is 4.79 Å². The molecule has 0 amide bonds. The molecule has 22 heavy (non-hydrogen) atoms. The van der Waals surface area contributed by atoms with Crippen LogP contribution in [0.1, 0.15) is 31.9 Å². The first kappa shape index (κ1) is 14.6. The molecule has 112 valence electrons. The summed E-state index contributed by atoms with van der Waals surface area (Å²) in [6.45, 7) is 8.63. The second-order valence-electron chi connectivity index (χ2n) is 6.88. The van der Waals surface area contributed by atoms with Crippen molar-refractivity contribution in [2.24, 2.45) is 0 Å². The summed E-state index contributed by atoms with van der Waals surface area (Å²) in [5.41, 5.74) is 4.41. The van der Waals surface area contributed by atoms with E-state index in [0.29, 0.717) is 0 Å². The van der Waals surface area contributed by atoms with Gasteiger partial charge < -0.3 is 4.98 Å². The lowest BCUT2D eigenvalue weighted by molar-refractivity contribution is 0.590. The lowest BCUT2D eigenvalue weighted by atomic mass is 9.86. The number of fused-ring (bicyclic) bond motifs is 1. The number of pyridine rings is 1. The summed E-state index contributed by atoms with van der Waals surface area (Å²) in [5.74, 6) is 0. The van der Waals surface area contributed by atoms with Crippen LogP contribution in [0.4, 0.5) is 0 Å². The highest BCUT2D eigenvalue weighted by Gasteiger charge is 2.13. The third-order valence-corrected chi connectivity index (χ3v) is 4.17. The van der Waals surface area contributed by atoms with Crippen LogP contribution in [0.25, 0.3) is 22.0 Å². The first-order valence-electron chi connectivity index (χ1n) is 7.60. The summed E-state index contributed by atoms with van der Waals surface area (Å²) in [7, 11) is 0. The van der Waals surface area contributed by atoms with Gasteiger partial charge in [0, 0.05) is 11.1 Å². The molecule has 0 saturated heterocycles. The van der Waals surface area contributed by atoms with Crippen LogP contribution in [0.2, 0.25) is 0 Å². The van der Waals surface area contributed by atoms with Gasteiger partial charge in [-0.05, 0) is 46.5 Å². The van der Waals surface area contributed by atoms with Crippen molar-refractivity contribution in [1.29, 1.82) is 0 Å². The van der Waals surface area contributed by atoms with E-state index < -0.39 is 0 Å². The number of hydrogen-bond acceptors (Lipinski definition) is 1. The van der Waals surface area contributed by atoms with Gasteiger partial charge >= 0.3 is 0 Å². The van der Waals surface area contributed by atoms with Crippen LogP contribution in [0.5, 0.6) is 0 Å². The van der Waals surface area contributed by atoms with E-state index >= 15 is 0 Å². The lowest BCUT2D eigenvalue weighted by Crippen LogP contribution is -2.11. The molecule has 0 aliphatic heterocycles. The minimum Gasteiger partial charge on any atom is -0.321 e. The Morgan fingerprint density at radius 3 is 2.23 bits per heavy atom. The van der Waals surface area contributed by atoms with Crippen LogP contribution in [-0.2, 0) is 5.41 Å². The van der Waals surface area contributed by atoms with Crippen molar-refractivity contribution in [2.45, 2.75) is 33.1 Å². The van der Waals surface area contributed by atoms with Gasteiger partial charge in [0.25, 0.3) is 5.56 Å². The molecule has 1 N–H and O–H groups in total. The molecular formula is C20H21NO.